The molecule has 0 saturated carbocycles. The molecule has 1 aromatic carbocycles. The van der Waals surface area contributed by atoms with Gasteiger partial charge in [-0.25, -0.2) is 0 Å². The van der Waals surface area contributed by atoms with Gasteiger partial charge in [0.2, 0.25) is 0 Å². The fourth-order valence-corrected chi connectivity index (χ4v) is 2.52. The molecule has 0 aliphatic heterocycles. The zero-order valence-corrected chi connectivity index (χ0v) is 11.8. The fraction of sp³-hybridized carbons (Fsp3) is 0.400. The monoisotopic (exact) mass is 386 g/mol. The van der Waals surface area contributed by atoms with Crippen molar-refractivity contribution >= 4 is 45.2 Å². The van der Waals surface area contributed by atoms with Crippen molar-refractivity contribution in [3.05, 3.63) is 34.9 Å². The van der Waals surface area contributed by atoms with Gasteiger partial charge >= 0.3 is 0 Å². The molecule has 0 bridgehead atoms. The van der Waals surface area contributed by atoms with Crippen molar-refractivity contribution in [2.75, 3.05) is 0 Å². The minimum atomic E-state index is 0.216. The molecule has 0 N–H and O–H groups in total. The molecule has 2 heteroatoms. The third-order valence-corrected chi connectivity index (χ3v) is 3.02. The van der Waals surface area contributed by atoms with E-state index in [1.807, 2.05) is 0 Å². The van der Waals surface area contributed by atoms with Crippen LogP contribution in [0.1, 0.15) is 23.6 Å². The minimum Gasteiger partial charge on any atom is -0.0622 e. The lowest BCUT2D eigenvalue weighted by Gasteiger charge is -2.17. The summed E-state index contributed by atoms with van der Waals surface area (Å²) in [6.45, 7) is 6.54. The summed E-state index contributed by atoms with van der Waals surface area (Å²) in [7, 11) is 0. The summed E-state index contributed by atoms with van der Waals surface area (Å²) in [4.78, 5) is 0. The van der Waals surface area contributed by atoms with Crippen LogP contribution in [0.15, 0.2) is 18.2 Å². The summed E-state index contributed by atoms with van der Waals surface area (Å²) in [5.41, 5.74) is 4.16. The third kappa shape index (κ3) is 2.58. The van der Waals surface area contributed by atoms with Crippen LogP contribution in [0.2, 0.25) is 0 Å². The van der Waals surface area contributed by atoms with Crippen molar-refractivity contribution in [1.29, 1.82) is 0 Å². The average Bonchev–Trinajstić information content (AvgIpc) is 1.83. The molecule has 0 fully saturated rings. The first kappa shape index (κ1) is 10.8. The van der Waals surface area contributed by atoms with E-state index < -0.39 is 0 Å². The number of aryl methyl sites for hydroxylation is 2. The van der Waals surface area contributed by atoms with Crippen molar-refractivity contribution in [2.45, 2.75) is 22.2 Å². The topological polar surface area (TPSA) is 0 Å². The van der Waals surface area contributed by atoms with E-state index in [-0.39, 0.29) is 1.43 Å². The summed E-state index contributed by atoms with van der Waals surface area (Å²) in [5, 5.41) is 0. The Labute approximate surface area is 101 Å². The van der Waals surface area contributed by atoms with Crippen LogP contribution in [-0.4, -0.2) is 0 Å². The van der Waals surface area contributed by atoms with Crippen LogP contribution in [-0.2, 0) is 1.43 Å². The molecule has 0 unspecified atom stereocenters. The standard InChI is InChI=1S/C10H12I2/c1-7-4-5-9(8(2)6-7)10(3,11)12/h4-6H,1-3H3. The molecule has 0 nitrogen and oxygen atoms in total. The van der Waals surface area contributed by atoms with Crippen molar-refractivity contribution in [3.63, 3.8) is 0 Å². The summed E-state index contributed by atoms with van der Waals surface area (Å²) in [5.74, 6) is 0. The first-order valence-electron chi connectivity index (χ1n) is 3.87. The SMILES string of the molecule is Cc1ccc(C(C)(I)I)c(C)c1. The average molecular weight is 386 g/mol. The summed E-state index contributed by atoms with van der Waals surface area (Å²) in [6, 6.07) is 6.65. The lowest BCUT2D eigenvalue weighted by Crippen LogP contribution is -2.04. The number of hydrogen-bond acceptors (Lipinski definition) is 0. The van der Waals surface area contributed by atoms with Crippen molar-refractivity contribution in [1.82, 2.24) is 0 Å². The molecule has 0 atom stereocenters. The second kappa shape index (κ2) is 3.82. The van der Waals surface area contributed by atoms with Gasteiger partial charge < -0.3 is 0 Å². The minimum absolute atomic E-state index is 0.216. The van der Waals surface area contributed by atoms with Gasteiger partial charge in [-0.15, -0.1) is 0 Å². The predicted molar refractivity (Wildman–Crippen MR) is 71.3 cm³/mol. The first-order chi connectivity index (χ1) is 5.41. The Morgan fingerprint density at radius 2 is 1.75 bits per heavy atom. The molecular weight excluding hydrogens is 374 g/mol. The fourth-order valence-electron chi connectivity index (χ4n) is 1.31. The Kier molecular flexibility index (Phi) is 3.42. The summed E-state index contributed by atoms with van der Waals surface area (Å²) >= 11 is 4.93. The largest absolute Gasteiger partial charge is 0.0956 e. The summed E-state index contributed by atoms with van der Waals surface area (Å²) in [6.07, 6.45) is 0. The molecule has 0 amide bonds. The van der Waals surface area contributed by atoms with Gasteiger partial charge in [0.15, 0.2) is 0 Å². The lowest BCUT2D eigenvalue weighted by atomic mass is 10.0. The van der Waals surface area contributed by atoms with Crippen LogP contribution in [0.3, 0.4) is 0 Å². The Bertz CT molecular complexity index is 284. The number of rotatable bonds is 1. The highest BCUT2D eigenvalue weighted by atomic mass is 127. The predicted octanol–water partition coefficient (Wildman–Crippen LogP) is 4.35. The Morgan fingerprint density at radius 1 is 1.17 bits per heavy atom. The highest BCUT2D eigenvalue weighted by molar-refractivity contribution is 14.2. The number of alkyl halides is 2. The summed E-state index contributed by atoms with van der Waals surface area (Å²) < 4.78 is 0.216. The van der Waals surface area contributed by atoms with E-state index in [1.165, 1.54) is 16.7 Å². The van der Waals surface area contributed by atoms with Crippen molar-refractivity contribution in [3.8, 4) is 0 Å². The second-order valence-corrected chi connectivity index (χ2v) is 9.59. The van der Waals surface area contributed by atoms with Crippen LogP contribution in [0.4, 0.5) is 0 Å². The van der Waals surface area contributed by atoms with Crippen LogP contribution >= 0.6 is 45.2 Å². The molecule has 1 rings (SSSR count). The molecule has 12 heavy (non-hydrogen) atoms. The zero-order valence-electron chi connectivity index (χ0n) is 7.49. The van der Waals surface area contributed by atoms with Gasteiger partial charge in [0.05, 0.1) is 1.43 Å². The third-order valence-electron chi connectivity index (χ3n) is 1.85. The molecule has 0 aliphatic carbocycles. The van der Waals surface area contributed by atoms with E-state index in [1.54, 1.807) is 0 Å². The smallest absolute Gasteiger partial charge is 0.0622 e. The normalized spacial score (nSPS) is 11.8. The Morgan fingerprint density at radius 3 is 2.17 bits per heavy atom. The molecule has 0 heterocycles. The van der Waals surface area contributed by atoms with Crippen LogP contribution < -0.4 is 0 Å². The maximum Gasteiger partial charge on any atom is 0.0956 e. The molecule has 0 aliphatic rings. The van der Waals surface area contributed by atoms with E-state index in [0.29, 0.717) is 0 Å². The van der Waals surface area contributed by atoms with Crippen LogP contribution in [0.5, 0.6) is 0 Å². The van der Waals surface area contributed by atoms with Gasteiger partial charge in [0.25, 0.3) is 0 Å². The van der Waals surface area contributed by atoms with E-state index in [9.17, 15) is 0 Å². The van der Waals surface area contributed by atoms with Gasteiger partial charge in [-0.05, 0) is 31.9 Å². The molecule has 0 spiro atoms. The van der Waals surface area contributed by atoms with Gasteiger partial charge in [0.1, 0.15) is 0 Å². The molecule has 0 radical (unpaired) electrons. The Balaban J connectivity index is 3.19. The highest BCUT2D eigenvalue weighted by Gasteiger charge is 2.19. The maximum atomic E-state index is 2.47. The maximum absolute atomic E-state index is 2.47. The number of halogens is 2. The van der Waals surface area contributed by atoms with Crippen LogP contribution in [0, 0.1) is 13.8 Å². The first-order valence-corrected chi connectivity index (χ1v) is 6.02. The van der Waals surface area contributed by atoms with Gasteiger partial charge in [-0.2, -0.15) is 0 Å². The van der Waals surface area contributed by atoms with E-state index in [4.69, 9.17) is 0 Å². The molecule has 1 aromatic rings. The van der Waals surface area contributed by atoms with E-state index in [2.05, 4.69) is 84.2 Å². The number of benzene rings is 1. The van der Waals surface area contributed by atoms with Gasteiger partial charge in [0, 0.05) is 0 Å². The van der Waals surface area contributed by atoms with Crippen LogP contribution in [0.25, 0.3) is 0 Å². The van der Waals surface area contributed by atoms with E-state index >= 15 is 0 Å². The van der Waals surface area contributed by atoms with E-state index in [0.717, 1.165) is 0 Å². The molecule has 0 saturated heterocycles. The van der Waals surface area contributed by atoms with Crippen molar-refractivity contribution < 1.29 is 0 Å². The zero-order chi connectivity index (χ0) is 9.35. The number of hydrogen-bond donors (Lipinski definition) is 0. The van der Waals surface area contributed by atoms with Crippen molar-refractivity contribution in [2.24, 2.45) is 0 Å². The molecule has 66 valence electrons. The second-order valence-electron chi connectivity index (χ2n) is 3.21. The quantitative estimate of drug-likeness (QED) is 0.498. The van der Waals surface area contributed by atoms with Gasteiger partial charge in [-0.3, -0.25) is 0 Å². The van der Waals surface area contributed by atoms with Gasteiger partial charge in [-0.1, -0.05) is 68.9 Å². The Hall–Kier alpha value is 0.680. The molecular formula is C10H12I2. The lowest BCUT2D eigenvalue weighted by molar-refractivity contribution is 1.08. The highest BCUT2D eigenvalue weighted by Crippen LogP contribution is 2.40. The molecule has 0 aromatic heterocycles.